The van der Waals surface area contributed by atoms with Crippen LogP contribution >= 0.6 is 0 Å². The molecule has 1 saturated heterocycles. The van der Waals surface area contributed by atoms with E-state index in [0.29, 0.717) is 6.54 Å². The van der Waals surface area contributed by atoms with E-state index in [2.05, 4.69) is 5.32 Å². The van der Waals surface area contributed by atoms with Crippen molar-refractivity contribution in [3.63, 3.8) is 0 Å². The standard InChI is InChI=1S/C14H27N3O3/c1-14(2,3)20-12(18)15-11-8-6-7-9-17(10-11)13(19)16(4)5/h11H,6-10H2,1-5H3,(H,15,18)/t11-/m1/s1. The van der Waals surface area contributed by atoms with Gasteiger partial charge in [0, 0.05) is 33.2 Å². The molecule has 0 radical (unpaired) electrons. The van der Waals surface area contributed by atoms with E-state index in [1.54, 1.807) is 23.9 Å². The van der Waals surface area contributed by atoms with E-state index in [-0.39, 0.29) is 12.1 Å². The van der Waals surface area contributed by atoms with E-state index >= 15 is 0 Å². The normalized spacial score (nSPS) is 20.1. The Hall–Kier alpha value is -1.46. The van der Waals surface area contributed by atoms with Crippen LogP contribution in [-0.4, -0.2) is 60.8 Å². The average molecular weight is 285 g/mol. The number of carbonyl (C=O) groups excluding carboxylic acids is 2. The lowest BCUT2D eigenvalue weighted by Crippen LogP contribution is -2.48. The van der Waals surface area contributed by atoms with Crippen LogP contribution in [0.5, 0.6) is 0 Å². The van der Waals surface area contributed by atoms with Crippen LogP contribution in [0.2, 0.25) is 0 Å². The van der Waals surface area contributed by atoms with Crippen LogP contribution in [0.4, 0.5) is 9.59 Å². The number of amides is 3. The first-order chi connectivity index (χ1) is 9.19. The fourth-order valence-electron chi connectivity index (χ4n) is 2.19. The molecule has 3 amide bonds. The number of likely N-dealkylation sites (tertiary alicyclic amines) is 1. The first kappa shape index (κ1) is 16.6. The molecule has 116 valence electrons. The quantitative estimate of drug-likeness (QED) is 0.802. The van der Waals surface area contributed by atoms with Crippen molar-refractivity contribution in [3.8, 4) is 0 Å². The molecule has 1 rings (SSSR count). The average Bonchev–Trinajstić information content (AvgIpc) is 2.50. The fraction of sp³-hybridized carbons (Fsp3) is 0.857. The number of hydrogen-bond acceptors (Lipinski definition) is 3. The van der Waals surface area contributed by atoms with Crippen molar-refractivity contribution >= 4 is 12.1 Å². The molecule has 1 heterocycles. The number of urea groups is 1. The summed E-state index contributed by atoms with van der Waals surface area (Å²) in [7, 11) is 3.48. The zero-order valence-electron chi connectivity index (χ0n) is 13.2. The Morgan fingerprint density at radius 2 is 1.90 bits per heavy atom. The number of nitrogens with zero attached hydrogens (tertiary/aromatic N) is 2. The molecular formula is C14H27N3O3. The molecule has 0 aromatic carbocycles. The summed E-state index contributed by atoms with van der Waals surface area (Å²) in [5.41, 5.74) is -0.506. The van der Waals surface area contributed by atoms with Gasteiger partial charge in [-0.2, -0.15) is 0 Å². The second-order valence-electron chi connectivity index (χ2n) is 6.46. The van der Waals surface area contributed by atoms with E-state index < -0.39 is 11.7 Å². The van der Waals surface area contributed by atoms with Gasteiger partial charge in [-0.15, -0.1) is 0 Å². The van der Waals surface area contributed by atoms with Crippen molar-refractivity contribution in [3.05, 3.63) is 0 Å². The Balaban J connectivity index is 2.56. The molecule has 20 heavy (non-hydrogen) atoms. The lowest BCUT2D eigenvalue weighted by atomic mass is 10.1. The number of rotatable bonds is 1. The van der Waals surface area contributed by atoms with Crippen molar-refractivity contribution in [2.45, 2.75) is 51.7 Å². The van der Waals surface area contributed by atoms with Crippen molar-refractivity contribution in [2.24, 2.45) is 0 Å². The molecule has 1 fully saturated rings. The highest BCUT2D eigenvalue weighted by atomic mass is 16.6. The summed E-state index contributed by atoms with van der Waals surface area (Å²) in [4.78, 5) is 27.2. The van der Waals surface area contributed by atoms with Gasteiger partial charge in [0.1, 0.15) is 5.60 Å². The second-order valence-corrected chi connectivity index (χ2v) is 6.46. The van der Waals surface area contributed by atoms with E-state index in [4.69, 9.17) is 4.74 Å². The minimum atomic E-state index is -0.506. The molecule has 1 aliphatic rings. The first-order valence-electron chi connectivity index (χ1n) is 7.15. The summed E-state index contributed by atoms with van der Waals surface area (Å²) in [5, 5.41) is 2.87. The number of carbonyl (C=O) groups is 2. The first-order valence-corrected chi connectivity index (χ1v) is 7.15. The SMILES string of the molecule is CN(C)C(=O)N1CCCC[C@@H](NC(=O)OC(C)(C)C)C1. The van der Waals surface area contributed by atoms with Gasteiger partial charge < -0.3 is 19.9 Å². The van der Waals surface area contributed by atoms with E-state index in [1.807, 2.05) is 20.8 Å². The summed E-state index contributed by atoms with van der Waals surface area (Å²) in [6.45, 7) is 6.78. The van der Waals surface area contributed by atoms with Crippen LogP contribution in [0.1, 0.15) is 40.0 Å². The third-order valence-electron chi connectivity index (χ3n) is 3.05. The van der Waals surface area contributed by atoms with Crippen LogP contribution in [0.15, 0.2) is 0 Å². The zero-order chi connectivity index (χ0) is 15.3. The molecule has 0 saturated carbocycles. The highest BCUT2D eigenvalue weighted by Gasteiger charge is 2.25. The largest absolute Gasteiger partial charge is 0.444 e. The Morgan fingerprint density at radius 3 is 2.45 bits per heavy atom. The topological polar surface area (TPSA) is 61.9 Å². The lowest BCUT2D eigenvalue weighted by Gasteiger charge is -2.28. The van der Waals surface area contributed by atoms with Gasteiger partial charge in [-0.3, -0.25) is 0 Å². The minimum absolute atomic E-state index is 0.0112. The number of hydrogen-bond donors (Lipinski definition) is 1. The summed E-state index contributed by atoms with van der Waals surface area (Å²) in [5.74, 6) is 0. The Morgan fingerprint density at radius 1 is 1.25 bits per heavy atom. The molecule has 1 atom stereocenters. The van der Waals surface area contributed by atoms with Gasteiger partial charge in [0.2, 0.25) is 0 Å². The molecule has 1 aliphatic heterocycles. The molecule has 0 unspecified atom stereocenters. The van der Waals surface area contributed by atoms with Gasteiger partial charge >= 0.3 is 12.1 Å². The molecule has 0 aromatic heterocycles. The molecule has 0 aliphatic carbocycles. The third-order valence-corrected chi connectivity index (χ3v) is 3.05. The molecule has 0 aromatic rings. The van der Waals surface area contributed by atoms with Gasteiger partial charge in [-0.25, -0.2) is 9.59 Å². The summed E-state index contributed by atoms with van der Waals surface area (Å²) in [6.07, 6.45) is 2.42. The van der Waals surface area contributed by atoms with Crippen LogP contribution in [-0.2, 0) is 4.74 Å². The van der Waals surface area contributed by atoms with Crippen molar-refractivity contribution in [2.75, 3.05) is 27.2 Å². The maximum Gasteiger partial charge on any atom is 0.407 e. The summed E-state index contributed by atoms with van der Waals surface area (Å²) in [6, 6.07) is -0.0564. The fourth-order valence-corrected chi connectivity index (χ4v) is 2.19. The van der Waals surface area contributed by atoms with Crippen molar-refractivity contribution < 1.29 is 14.3 Å². The highest BCUT2D eigenvalue weighted by molar-refractivity contribution is 5.74. The minimum Gasteiger partial charge on any atom is -0.444 e. The van der Waals surface area contributed by atoms with Crippen molar-refractivity contribution in [1.29, 1.82) is 0 Å². The smallest absolute Gasteiger partial charge is 0.407 e. The van der Waals surface area contributed by atoms with E-state index in [0.717, 1.165) is 25.8 Å². The van der Waals surface area contributed by atoms with Crippen LogP contribution in [0.3, 0.4) is 0 Å². The molecule has 6 nitrogen and oxygen atoms in total. The van der Waals surface area contributed by atoms with E-state index in [1.165, 1.54) is 0 Å². The monoisotopic (exact) mass is 285 g/mol. The van der Waals surface area contributed by atoms with Crippen LogP contribution < -0.4 is 5.32 Å². The zero-order valence-corrected chi connectivity index (χ0v) is 13.2. The van der Waals surface area contributed by atoms with Crippen LogP contribution in [0.25, 0.3) is 0 Å². The third kappa shape index (κ3) is 5.67. The predicted molar refractivity (Wildman–Crippen MR) is 77.7 cm³/mol. The predicted octanol–water partition coefficient (Wildman–Crippen LogP) is 2.05. The molecule has 6 heteroatoms. The van der Waals surface area contributed by atoms with Gasteiger partial charge in [0.05, 0.1) is 0 Å². The van der Waals surface area contributed by atoms with E-state index in [9.17, 15) is 9.59 Å². The Kier molecular flexibility index (Phi) is 5.65. The maximum absolute atomic E-state index is 12.0. The van der Waals surface area contributed by atoms with Gasteiger partial charge in [0.15, 0.2) is 0 Å². The second kappa shape index (κ2) is 6.81. The number of alkyl carbamates (subject to hydrolysis) is 1. The van der Waals surface area contributed by atoms with Gasteiger partial charge in [-0.05, 0) is 40.0 Å². The van der Waals surface area contributed by atoms with Crippen LogP contribution in [0, 0.1) is 0 Å². The Labute approximate surface area is 121 Å². The number of nitrogens with one attached hydrogen (secondary N) is 1. The lowest BCUT2D eigenvalue weighted by molar-refractivity contribution is 0.0494. The number of ether oxygens (including phenoxy) is 1. The molecule has 0 spiro atoms. The van der Waals surface area contributed by atoms with Gasteiger partial charge in [0.25, 0.3) is 0 Å². The molecular weight excluding hydrogens is 258 g/mol. The highest BCUT2D eigenvalue weighted by Crippen LogP contribution is 2.13. The summed E-state index contributed by atoms with van der Waals surface area (Å²) >= 11 is 0. The Bertz CT molecular complexity index is 350. The summed E-state index contributed by atoms with van der Waals surface area (Å²) < 4.78 is 5.26. The molecule has 0 bridgehead atoms. The molecule has 1 N–H and O–H groups in total. The van der Waals surface area contributed by atoms with Gasteiger partial charge in [-0.1, -0.05) is 0 Å². The van der Waals surface area contributed by atoms with Crippen molar-refractivity contribution in [1.82, 2.24) is 15.1 Å². The maximum atomic E-state index is 12.0.